The molecular formula is C16H16N2OS. The summed E-state index contributed by atoms with van der Waals surface area (Å²) in [4.78, 5) is 19.9. The third kappa shape index (κ3) is 2.43. The maximum absolute atomic E-state index is 12.7. The number of aromatic nitrogens is 1. The molecule has 0 aliphatic carbocycles. The zero-order valence-electron chi connectivity index (χ0n) is 11.5. The van der Waals surface area contributed by atoms with Gasteiger partial charge in [0.2, 0.25) is 0 Å². The molecule has 0 radical (unpaired) electrons. The first-order valence-electron chi connectivity index (χ1n) is 6.58. The van der Waals surface area contributed by atoms with Gasteiger partial charge in [0.05, 0.1) is 5.69 Å². The molecule has 1 aliphatic heterocycles. The van der Waals surface area contributed by atoms with Crippen LogP contribution in [0.2, 0.25) is 0 Å². The fourth-order valence-electron chi connectivity index (χ4n) is 2.37. The molecule has 2 heterocycles. The molecule has 1 aromatic carbocycles. The Morgan fingerprint density at radius 3 is 2.70 bits per heavy atom. The number of anilines is 1. The van der Waals surface area contributed by atoms with E-state index in [0.717, 1.165) is 10.6 Å². The molecule has 0 spiro atoms. The SMILES string of the molecule is CC1(C)CN(C(=O)c2ccccn2)c2ccccc2S1. The van der Waals surface area contributed by atoms with Crippen molar-refractivity contribution in [3.8, 4) is 0 Å². The molecule has 0 N–H and O–H groups in total. The van der Waals surface area contributed by atoms with Crippen LogP contribution in [-0.4, -0.2) is 22.2 Å². The highest BCUT2D eigenvalue weighted by Gasteiger charge is 2.34. The van der Waals surface area contributed by atoms with Gasteiger partial charge < -0.3 is 4.90 Å². The molecule has 0 saturated heterocycles. The Morgan fingerprint density at radius 2 is 1.95 bits per heavy atom. The quantitative estimate of drug-likeness (QED) is 0.802. The molecule has 102 valence electrons. The van der Waals surface area contributed by atoms with E-state index in [2.05, 4.69) is 24.9 Å². The highest BCUT2D eigenvalue weighted by molar-refractivity contribution is 8.00. The molecule has 2 aromatic rings. The summed E-state index contributed by atoms with van der Waals surface area (Å²) < 4.78 is -0.00120. The van der Waals surface area contributed by atoms with Crippen LogP contribution in [0.1, 0.15) is 24.3 Å². The molecule has 0 saturated carbocycles. The number of benzene rings is 1. The number of carbonyl (C=O) groups excluding carboxylic acids is 1. The van der Waals surface area contributed by atoms with E-state index in [-0.39, 0.29) is 10.7 Å². The molecular weight excluding hydrogens is 268 g/mol. The van der Waals surface area contributed by atoms with Gasteiger partial charge >= 0.3 is 0 Å². The van der Waals surface area contributed by atoms with Gasteiger partial charge in [0.15, 0.2) is 0 Å². The van der Waals surface area contributed by atoms with Crippen molar-refractivity contribution in [2.24, 2.45) is 0 Å². The zero-order valence-corrected chi connectivity index (χ0v) is 12.4. The Labute approximate surface area is 123 Å². The smallest absolute Gasteiger partial charge is 0.276 e. The van der Waals surface area contributed by atoms with E-state index in [1.165, 1.54) is 0 Å². The molecule has 1 aromatic heterocycles. The Bertz CT molecular complexity index is 640. The van der Waals surface area contributed by atoms with Crippen molar-refractivity contribution in [2.45, 2.75) is 23.5 Å². The summed E-state index contributed by atoms with van der Waals surface area (Å²) in [5.74, 6) is -0.0357. The fraction of sp³-hybridized carbons (Fsp3) is 0.250. The Morgan fingerprint density at radius 1 is 1.20 bits per heavy atom. The Kier molecular flexibility index (Phi) is 3.26. The highest BCUT2D eigenvalue weighted by Crippen LogP contribution is 2.44. The maximum Gasteiger partial charge on any atom is 0.276 e. The second-order valence-corrected chi connectivity index (χ2v) is 7.18. The topological polar surface area (TPSA) is 33.2 Å². The van der Waals surface area contributed by atoms with Crippen LogP contribution in [0, 0.1) is 0 Å². The summed E-state index contributed by atoms with van der Waals surface area (Å²) in [5, 5.41) is 0. The molecule has 0 fully saturated rings. The van der Waals surface area contributed by atoms with E-state index < -0.39 is 0 Å². The number of thioether (sulfide) groups is 1. The summed E-state index contributed by atoms with van der Waals surface area (Å²) in [5.41, 5.74) is 1.47. The lowest BCUT2D eigenvalue weighted by Gasteiger charge is -2.38. The van der Waals surface area contributed by atoms with Crippen LogP contribution in [-0.2, 0) is 0 Å². The Balaban J connectivity index is 2.03. The van der Waals surface area contributed by atoms with E-state index in [9.17, 15) is 4.79 Å². The zero-order chi connectivity index (χ0) is 14.2. The van der Waals surface area contributed by atoms with Crippen molar-refractivity contribution in [1.82, 2.24) is 4.98 Å². The standard InChI is InChI=1S/C16H16N2OS/c1-16(2)11-18(13-8-3-4-9-14(13)20-16)15(19)12-7-5-6-10-17-12/h3-10H,11H2,1-2H3. The number of fused-ring (bicyclic) bond motifs is 1. The molecule has 3 nitrogen and oxygen atoms in total. The number of pyridine rings is 1. The van der Waals surface area contributed by atoms with Gasteiger partial charge in [-0.15, -0.1) is 11.8 Å². The van der Waals surface area contributed by atoms with Crippen LogP contribution in [0.3, 0.4) is 0 Å². The largest absolute Gasteiger partial charge is 0.305 e. The molecule has 0 bridgehead atoms. The summed E-state index contributed by atoms with van der Waals surface area (Å²) >= 11 is 1.82. The molecule has 3 rings (SSSR count). The first-order valence-corrected chi connectivity index (χ1v) is 7.39. The number of hydrogen-bond acceptors (Lipinski definition) is 3. The average molecular weight is 284 g/mol. The number of carbonyl (C=O) groups is 1. The maximum atomic E-state index is 12.7. The van der Waals surface area contributed by atoms with Crippen molar-refractivity contribution >= 4 is 23.4 Å². The number of hydrogen-bond donors (Lipinski definition) is 0. The minimum Gasteiger partial charge on any atom is -0.305 e. The summed E-state index contributed by atoms with van der Waals surface area (Å²) in [6.07, 6.45) is 1.66. The van der Waals surface area contributed by atoms with Gasteiger partial charge in [-0.3, -0.25) is 9.78 Å². The first-order chi connectivity index (χ1) is 9.57. The molecule has 0 atom stereocenters. The number of rotatable bonds is 1. The van der Waals surface area contributed by atoms with E-state index in [1.807, 2.05) is 47.0 Å². The van der Waals surface area contributed by atoms with Gasteiger partial charge in [-0.1, -0.05) is 18.2 Å². The molecule has 0 unspecified atom stereocenters. The van der Waals surface area contributed by atoms with Crippen molar-refractivity contribution in [3.05, 3.63) is 54.4 Å². The third-order valence-electron chi connectivity index (χ3n) is 3.21. The van der Waals surface area contributed by atoms with Crippen molar-refractivity contribution in [3.63, 3.8) is 0 Å². The van der Waals surface area contributed by atoms with E-state index in [1.54, 1.807) is 12.3 Å². The molecule has 1 aliphatic rings. The summed E-state index contributed by atoms with van der Waals surface area (Å²) in [6, 6.07) is 13.5. The van der Waals surface area contributed by atoms with Crippen LogP contribution < -0.4 is 4.90 Å². The second kappa shape index (κ2) is 4.94. The first kappa shape index (κ1) is 13.2. The van der Waals surface area contributed by atoms with Gasteiger partial charge in [0.1, 0.15) is 5.69 Å². The predicted octanol–water partition coefficient (Wildman–Crippen LogP) is 3.61. The number of para-hydroxylation sites is 1. The van der Waals surface area contributed by atoms with E-state index in [4.69, 9.17) is 0 Å². The van der Waals surface area contributed by atoms with Gasteiger partial charge in [0, 0.05) is 22.4 Å². The molecule has 20 heavy (non-hydrogen) atoms. The van der Waals surface area contributed by atoms with Gasteiger partial charge in [-0.2, -0.15) is 0 Å². The van der Waals surface area contributed by atoms with Crippen LogP contribution in [0.4, 0.5) is 5.69 Å². The van der Waals surface area contributed by atoms with Crippen LogP contribution >= 0.6 is 11.8 Å². The molecule has 4 heteroatoms. The minimum absolute atomic E-state index is 0.00120. The van der Waals surface area contributed by atoms with E-state index in [0.29, 0.717) is 12.2 Å². The highest BCUT2D eigenvalue weighted by atomic mass is 32.2. The van der Waals surface area contributed by atoms with Crippen LogP contribution in [0.5, 0.6) is 0 Å². The van der Waals surface area contributed by atoms with Crippen LogP contribution in [0.15, 0.2) is 53.6 Å². The van der Waals surface area contributed by atoms with Crippen LogP contribution in [0.25, 0.3) is 0 Å². The van der Waals surface area contributed by atoms with Crippen molar-refractivity contribution in [2.75, 3.05) is 11.4 Å². The molecule has 1 amide bonds. The van der Waals surface area contributed by atoms with Crippen molar-refractivity contribution < 1.29 is 4.79 Å². The normalized spacial score (nSPS) is 16.6. The lowest BCUT2D eigenvalue weighted by atomic mass is 10.1. The lowest BCUT2D eigenvalue weighted by molar-refractivity contribution is 0.0979. The number of nitrogens with zero attached hydrogens (tertiary/aromatic N) is 2. The van der Waals surface area contributed by atoms with Gasteiger partial charge in [-0.05, 0) is 38.1 Å². The van der Waals surface area contributed by atoms with E-state index >= 15 is 0 Å². The van der Waals surface area contributed by atoms with Crippen molar-refractivity contribution in [1.29, 1.82) is 0 Å². The van der Waals surface area contributed by atoms with Gasteiger partial charge in [0.25, 0.3) is 5.91 Å². The summed E-state index contributed by atoms with van der Waals surface area (Å²) in [6.45, 7) is 5.00. The minimum atomic E-state index is -0.0357. The predicted molar refractivity (Wildman–Crippen MR) is 82.3 cm³/mol. The second-order valence-electron chi connectivity index (χ2n) is 5.44. The lowest BCUT2D eigenvalue weighted by Crippen LogP contribution is -2.44. The Hall–Kier alpha value is -1.81. The average Bonchev–Trinajstić information content (AvgIpc) is 2.45. The number of amides is 1. The van der Waals surface area contributed by atoms with Gasteiger partial charge in [-0.25, -0.2) is 0 Å². The summed E-state index contributed by atoms with van der Waals surface area (Å²) in [7, 11) is 0. The third-order valence-corrected chi connectivity index (χ3v) is 4.46. The fourth-order valence-corrected chi connectivity index (χ4v) is 3.59. The monoisotopic (exact) mass is 284 g/mol.